The molecule has 19 heavy (non-hydrogen) atoms. The van der Waals surface area contributed by atoms with E-state index in [4.69, 9.17) is 0 Å². The quantitative estimate of drug-likeness (QED) is 0.803. The summed E-state index contributed by atoms with van der Waals surface area (Å²) in [6.07, 6.45) is -1.09. The molecule has 0 saturated carbocycles. The van der Waals surface area contributed by atoms with E-state index < -0.39 is 24.2 Å². The van der Waals surface area contributed by atoms with Gasteiger partial charge in [-0.2, -0.15) is 0 Å². The molecule has 3 atom stereocenters. The number of carbonyl (C=O) groups excluding carboxylic acids is 1. The number of likely N-dealkylation sites (N-methyl/N-ethyl adjacent to an activating group) is 1. The number of amides is 1. The average molecular weight is 265 g/mol. The molecule has 0 unspecified atom stereocenters. The number of nitrogens with zero attached hydrogens (tertiary/aromatic N) is 1. The lowest BCUT2D eigenvalue weighted by Gasteiger charge is -2.30. The Bertz CT molecular complexity index is 421. The van der Waals surface area contributed by atoms with Gasteiger partial charge in [0.2, 0.25) is 0 Å². The number of aliphatic hydroxyl groups excluding tert-OH is 1. The molecule has 1 aromatic rings. The number of alkyl halides is 1. The van der Waals surface area contributed by atoms with Crippen LogP contribution >= 0.6 is 0 Å². The van der Waals surface area contributed by atoms with Crippen LogP contribution in [0.15, 0.2) is 43.0 Å². The monoisotopic (exact) mass is 265 g/mol. The Labute approximate surface area is 113 Å². The third-order valence-electron chi connectivity index (χ3n) is 3.20. The first-order chi connectivity index (χ1) is 8.99. The minimum atomic E-state index is -1.60. The largest absolute Gasteiger partial charge is 0.386 e. The molecule has 0 bridgehead atoms. The van der Waals surface area contributed by atoms with Crippen molar-refractivity contribution in [2.75, 3.05) is 7.05 Å². The lowest BCUT2D eigenvalue weighted by atomic mass is 10.0. The molecule has 3 nitrogen and oxygen atoms in total. The topological polar surface area (TPSA) is 40.5 Å². The predicted octanol–water partition coefficient (Wildman–Crippen LogP) is 2.48. The van der Waals surface area contributed by atoms with E-state index in [2.05, 4.69) is 6.58 Å². The van der Waals surface area contributed by atoms with Crippen LogP contribution in [0.3, 0.4) is 0 Å². The zero-order valence-corrected chi connectivity index (χ0v) is 11.3. The zero-order valence-electron chi connectivity index (χ0n) is 11.3. The molecule has 0 aliphatic heterocycles. The lowest BCUT2D eigenvalue weighted by molar-refractivity contribution is -0.139. The van der Waals surface area contributed by atoms with Crippen LogP contribution in [-0.4, -0.2) is 35.2 Å². The third-order valence-corrected chi connectivity index (χ3v) is 3.20. The first kappa shape index (κ1) is 15.4. The molecule has 0 aliphatic carbocycles. The molecule has 104 valence electrons. The summed E-state index contributed by atoms with van der Waals surface area (Å²) in [5, 5.41) is 10.2. The standard InChI is InChI=1S/C15H20FNO2/c1-4-8-13(16)15(19)17(3)11(2)14(18)12-9-6-5-7-10-12/h4-7,9-11,13-14,18H,1,8H2,2-3H3/t11-,13+,14+/m0/s1. The van der Waals surface area contributed by atoms with Gasteiger partial charge in [-0.1, -0.05) is 36.4 Å². The summed E-state index contributed by atoms with van der Waals surface area (Å²) in [6.45, 7) is 5.10. The van der Waals surface area contributed by atoms with Crippen molar-refractivity contribution in [3.63, 3.8) is 0 Å². The van der Waals surface area contributed by atoms with Gasteiger partial charge in [0.05, 0.1) is 12.1 Å². The van der Waals surface area contributed by atoms with E-state index in [1.165, 1.54) is 18.0 Å². The van der Waals surface area contributed by atoms with Crippen molar-refractivity contribution in [3.8, 4) is 0 Å². The number of hydrogen-bond donors (Lipinski definition) is 1. The summed E-state index contributed by atoms with van der Waals surface area (Å²) in [6, 6.07) is 8.51. The molecular formula is C15H20FNO2. The van der Waals surface area contributed by atoms with Crippen LogP contribution in [-0.2, 0) is 4.79 Å². The fourth-order valence-electron chi connectivity index (χ4n) is 1.81. The third kappa shape index (κ3) is 3.89. The zero-order chi connectivity index (χ0) is 14.4. The van der Waals surface area contributed by atoms with Gasteiger partial charge in [-0.3, -0.25) is 4.79 Å². The second-order valence-corrected chi connectivity index (χ2v) is 4.54. The first-order valence-corrected chi connectivity index (χ1v) is 6.23. The maximum absolute atomic E-state index is 13.5. The van der Waals surface area contributed by atoms with Crippen LogP contribution in [0, 0.1) is 0 Å². The van der Waals surface area contributed by atoms with Crippen LogP contribution in [0.2, 0.25) is 0 Å². The molecule has 4 heteroatoms. The predicted molar refractivity (Wildman–Crippen MR) is 73.3 cm³/mol. The molecular weight excluding hydrogens is 245 g/mol. The van der Waals surface area contributed by atoms with E-state index in [0.29, 0.717) is 5.56 Å². The van der Waals surface area contributed by atoms with Crippen LogP contribution < -0.4 is 0 Å². The van der Waals surface area contributed by atoms with E-state index in [1.807, 2.05) is 18.2 Å². The number of hydrogen-bond acceptors (Lipinski definition) is 2. The van der Waals surface area contributed by atoms with Gasteiger partial charge in [-0.25, -0.2) is 4.39 Å². The van der Waals surface area contributed by atoms with Crippen LogP contribution in [0.5, 0.6) is 0 Å². The van der Waals surface area contributed by atoms with Crippen molar-refractivity contribution >= 4 is 5.91 Å². The van der Waals surface area contributed by atoms with Crippen LogP contribution in [0.25, 0.3) is 0 Å². The van der Waals surface area contributed by atoms with Crippen molar-refractivity contribution in [3.05, 3.63) is 48.6 Å². The normalized spacial score (nSPS) is 15.4. The average Bonchev–Trinajstić information content (AvgIpc) is 2.45. The van der Waals surface area contributed by atoms with Crippen LogP contribution in [0.4, 0.5) is 4.39 Å². The lowest BCUT2D eigenvalue weighted by Crippen LogP contribution is -2.43. The van der Waals surface area contributed by atoms with Gasteiger partial charge in [0, 0.05) is 13.5 Å². The maximum Gasteiger partial charge on any atom is 0.257 e. The number of benzene rings is 1. The van der Waals surface area contributed by atoms with Gasteiger partial charge in [0.15, 0.2) is 6.17 Å². The Balaban J connectivity index is 2.73. The SMILES string of the molecule is C=CC[C@@H](F)C(=O)N(C)[C@@H](C)[C@@H](O)c1ccccc1. The molecule has 0 heterocycles. The highest BCUT2D eigenvalue weighted by Crippen LogP contribution is 2.21. The van der Waals surface area contributed by atoms with Gasteiger partial charge >= 0.3 is 0 Å². The highest BCUT2D eigenvalue weighted by atomic mass is 19.1. The van der Waals surface area contributed by atoms with E-state index in [9.17, 15) is 14.3 Å². The summed E-state index contributed by atoms with van der Waals surface area (Å²) in [5.74, 6) is -0.637. The molecule has 0 fully saturated rings. The highest BCUT2D eigenvalue weighted by Gasteiger charge is 2.28. The minimum Gasteiger partial charge on any atom is -0.386 e. The number of aliphatic hydroxyl groups is 1. The molecule has 0 spiro atoms. The molecule has 1 aromatic carbocycles. The fourth-order valence-corrected chi connectivity index (χ4v) is 1.81. The molecule has 0 saturated heterocycles. The summed E-state index contributed by atoms with van der Waals surface area (Å²) in [7, 11) is 1.49. The molecule has 0 aliphatic rings. The Kier molecular flexibility index (Phi) is 5.70. The molecule has 1 rings (SSSR count). The Morgan fingerprint density at radius 1 is 1.47 bits per heavy atom. The Morgan fingerprint density at radius 3 is 2.58 bits per heavy atom. The van der Waals surface area contributed by atoms with Crippen LogP contribution in [0.1, 0.15) is 25.0 Å². The molecule has 0 radical (unpaired) electrons. The van der Waals surface area contributed by atoms with Gasteiger partial charge in [0.1, 0.15) is 0 Å². The van der Waals surface area contributed by atoms with Gasteiger partial charge in [-0.05, 0) is 12.5 Å². The van der Waals surface area contributed by atoms with E-state index in [1.54, 1.807) is 19.1 Å². The van der Waals surface area contributed by atoms with Gasteiger partial charge in [0.25, 0.3) is 5.91 Å². The molecule has 1 N–H and O–H groups in total. The summed E-state index contributed by atoms with van der Waals surface area (Å²) < 4.78 is 13.5. The second-order valence-electron chi connectivity index (χ2n) is 4.54. The van der Waals surface area contributed by atoms with Gasteiger partial charge < -0.3 is 10.0 Å². The van der Waals surface area contributed by atoms with Crippen molar-refractivity contribution in [2.24, 2.45) is 0 Å². The first-order valence-electron chi connectivity index (χ1n) is 6.23. The molecule has 0 aromatic heterocycles. The summed E-state index contributed by atoms with van der Waals surface area (Å²) in [4.78, 5) is 13.0. The number of halogens is 1. The van der Waals surface area contributed by atoms with Crippen molar-refractivity contribution in [2.45, 2.75) is 31.7 Å². The number of allylic oxidation sites excluding steroid dienone is 1. The Morgan fingerprint density at radius 2 is 2.05 bits per heavy atom. The fraction of sp³-hybridized carbons (Fsp3) is 0.400. The Hall–Kier alpha value is -1.68. The van der Waals surface area contributed by atoms with Crippen molar-refractivity contribution in [1.29, 1.82) is 0 Å². The van der Waals surface area contributed by atoms with Crippen molar-refractivity contribution in [1.82, 2.24) is 4.90 Å². The molecule has 1 amide bonds. The number of rotatable bonds is 6. The highest BCUT2D eigenvalue weighted by molar-refractivity contribution is 5.81. The minimum absolute atomic E-state index is 0.0165. The second kappa shape index (κ2) is 7.04. The smallest absolute Gasteiger partial charge is 0.257 e. The summed E-state index contributed by atoms with van der Waals surface area (Å²) in [5.41, 5.74) is 0.703. The van der Waals surface area contributed by atoms with E-state index in [-0.39, 0.29) is 6.42 Å². The maximum atomic E-state index is 13.5. The number of carbonyl (C=O) groups is 1. The van der Waals surface area contributed by atoms with E-state index >= 15 is 0 Å². The summed E-state index contributed by atoms with van der Waals surface area (Å²) >= 11 is 0. The van der Waals surface area contributed by atoms with Gasteiger partial charge in [-0.15, -0.1) is 6.58 Å². The van der Waals surface area contributed by atoms with Crippen molar-refractivity contribution < 1.29 is 14.3 Å². The van der Waals surface area contributed by atoms with E-state index in [0.717, 1.165) is 0 Å².